The number of allylic oxidation sites excluding steroid dienone is 1. The molecule has 0 saturated carbocycles. The highest BCUT2D eigenvalue weighted by Crippen LogP contribution is 2.21. The van der Waals surface area contributed by atoms with E-state index in [4.69, 9.17) is 4.74 Å². The van der Waals surface area contributed by atoms with Gasteiger partial charge in [-0.1, -0.05) is 23.9 Å². The third kappa shape index (κ3) is 6.12. The second-order valence-corrected chi connectivity index (χ2v) is 7.13. The number of rotatable bonds is 10. The van der Waals surface area contributed by atoms with Crippen molar-refractivity contribution < 1.29 is 18.8 Å². The fourth-order valence-electron chi connectivity index (χ4n) is 2.55. The number of ether oxygens (including phenoxy) is 1. The van der Waals surface area contributed by atoms with Crippen molar-refractivity contribution in [2.75, 3.05) is 11.1 Å². The maximum atomic E-state index is 13.0. The molecule has 1 aromatic heterocycles. The van der Waals surface area contributed by atoms with Gasteiger partial charge in [0.15, 0.2) is 11.0 Å². The molecule has 1 heterocycles. The summed E-state index contributed by atoms with van der Waals surface area (Å²) in [5.74, 6) is 0.328. The number of anilines is 1. The van der Waals surface area contributed by atoms with Crippen LogP contribution < -0.4 is 10.1 Å². The molecule has 3 rings (SSSR count). The lowest BCUT2D eigenvalue weighted by Crippen LogP contribution is -2.15. The minimum Gasteiger partial charge on any atom is -0.486 e. The lowest BCUT2D eigenvalue weighted by molar-refractivity contribution is -0.384. The predicted octanol–water partition coefficient (Wildman–Crippen LogP) is 3.82. The minimum atomic E-state index is -0.530. The molecule has 0 aliphatic rings. The molecule has 160 valence electrons. The zero-order valence-corrected chi connectivity index (χ0v) is 17.0. The van der Waals surface area contributed by atoms with Crippen molar-refractivity contribution in [1.82, 2.24) is 14.8 Å². The van der Waals surface area contributed by atoms with Gasteiger partial charge in [-0.05, 0) is 30.3 Å². The Balaban J connectivity index is 1.61. The summed E-state index contributed by atoms with van der Waals surface area (Å²) in [4.78, 5) is 22.6. The summed E-state index contributed by atoms with van der Waals surface area (Å²) in [5.41, 5.74) is 0.225. The summed E-state index contributed by atoms with van der Waals surface area (Å²) < 4.78 is 20.4. The highest BCUT2D eigenvalue weighted by molar-refractivity contribution is 7.99. The Hall–Kier alpha value is -3.73. The molecule has 0 atom stereocenters. The fourth-order valence-corrected chi connectivity index (χ4v) is 3.31. The van der Waals surface area contributed by atoms with E-state index in [0.717, 1.165) is 11.8 Å². The first-order valence-corrected chi connectivity index (χ1v) is 10.0. The van der Waals surface area contributed by atoms with Crippen LogP contribution in [-0.4, -0.2) is 31.3 Å². The summed E-state index contributed by atoms with van der Waals surface area (Å²) in [7, 11) is 0. The van der Waals surface area contributed by atoms with Crippen molar-refractivity contribution in [3.63, 3.8) is 0 Å². The number of halogens is 1. The van der Waals surface area contributed by atoms with E-state index < -0.39 is 4.92 Å². The van der Waals surface area contributed by atoms with Crippen molar-refractivity contribution in [1.29, 1.82) is 0 Å². The van der Waals surface area contributed by atoms with Crippen molar-refractivity contribution >= 4 is 29.0 Å². The normalized spacial score (nSPS) is 10.5. The average Bonchev–Trinajstić information content (AvgIpc) is 3.14. The molecule has 1 N–H and O–H groups in total. The van der Waals surface area contributed by atoms with Gasteiger partial charge in [0.05, 0.1) is 10.7 Å². The van der Waals surface area contributed by atoms with Crippen molar-refractivity contribution in [3.8, 4) is 5.75 Å². The third-order valence-corrected chi connectivity index (χ3v) is 4.93. The van der Waals surface area contributed by atoms with E-state index in [-0.39, 0.29) is 29.8 Å². The second kappa shape index (κ2) is 10.3. The van der Waals surface area contributed by atoms with Crippen molar-refractivity contribution in [3.05, 3.63) is 82.9 Å². The van der Waals surface area contributed by atoms with Crippen LogP contribution in [0.25, 0.3) is 0 Å². The molecule has 0 radical (unpaired) electrons. The van der Waals surface area contributed by atoms with Crippen LogP contribution in [0.15, 0.2) is 66.3 Å². The van der Waals surface area contributed by atoms with Crippen LogP contribution >= 0.6 is 11.8 Å². The van der Waals surface area contributed by atoms with Gasteiger partial charge in [-0.25, -0.2) is 4.39 Å². The minimum absolute atomic E-state index is 0.0246. The number of benzene rings is 2. The lowest BCUT2D eigenvalue weighted by Gasteiger charge is -2.09. The molecule has 3 aromatic rings. The van der Waals surface area contributed by atoms with E-state index in [9.17, 15) is 19.3 Å². The number of nitro groups is 1. The Bertz CT molecular complexity index is 1090. The predicted molar refractivity (Wildman–Crippen MR) is 113 cm³/mol. The quantitative estimate of drug-likeness (QED) is 0.219. The average molecular weight is 443 g/mol. The Labute approximate surface area is 181 Å². The zero-order valence-electron chi connectivity index (χ0n) is 16.2. The number of nitro benzene ring substituents is 1. The fraction of sp³-hybridized carbons (Fsp3) is 0.150. The second-order valence-electron chi connectivity index (χ2n) is 6.18. The van der Waals surface area contributed by atoms with Crippen LogP contribution in [-0.2, 0) is 17.9 Å². The molecule has 0 bridgehead atoms. The van der Waals surface area contributed by atoms with Gasteiger partial charge in [-0.15, -0.1) is 16.8 Å². The third-order valence-electron chi connectivity index (χ3n) is 3.96. The van der Waals surface area contributed by atoms with Gasteiger partial charge < -0.3 is 10.1 Å². The van der Waals surface area contributed by atoms with Crippen molar-refractivity contribution in [2.45, 2.75) is 18.3 Å². The Kier molecular flexibility index (Phi) is 7.33. The molecular formula is C20H18FN5O4S. The van der Waals surface area contributed by atoms with E-state index in [2.05, 4.69) is 22.1 Å². The van der Waals surface area contributed by atoms with Gasteiger partial charge in [-0.2, -0.15) is 0 Å². The van der Waals surface area contributed by atoms with E-state index in [1.165, 1.54) is 42.5 Å². The molecule has 0 aliphatic carbocycles. The Morgan fingerprint density at radius 2 is 2.06 bits per heavy atom. The Morgan fingerprint density at radius 1 is 1.29 bits per heavy atom. The number of carbonyl (C=O) groups is 1. The molecule has 9 nitrogen and oxygen atoms in total. The van der Waals surface area contributed by atoms with E-state index in [0.29, 0.717) is 29.0 Å². The highest BCUT2D eigenvalue weighted by atomic mass is 32.2. The number of non-ortho nitro benzene ring substituents is 1. The van der Waals surface area contributed by atoms with Crippen LogP contribution in [0.2, 0.25) is 0 Å². The zero-order chi connectivity index (χ0) is 22.2. The van der Waals surface area contributed by atoms with Gasteiger partial charge in [0.1, 0.15) is 18.2 Å². The molecule has 31 heavy (non-hydrogen) atoms. The Morgan fingerprint density at radius 3 is 2.77 bits per heavy atom. The number of nitrogens with one attached hydrogen (secondary N) is 1. The maximum absolute atomic E-state index is 13.0. The summed E-state index contributed by atoms with van der Waals surface area (Å²) in [6.45, 7) is 4.23. The van der Waals surface area contributed by atoms with Crippen LogP contribution in [0, 0.1) is 15.9 Å². The van der Waals surface area contributed by atoms with Crippen LogP contribution in [0.4, 0.5) is 15.8 Å². The molecule has 0 aliphatic heterocycles. The first-order chi connectivity index (χ1) is 15.0. The number of thioether (sulfide) groups is 1. The molecule has 2 aromatic carbocycles. The number of aromatic nitrogens is 3. The SMILES string of the molecule is C=CCn1c(COc2ccc(F)cc2)nnc1SCC(=O)Nc1cccc([N+](=O)[O-])c1. The van der Waals surface area contributed by atoms with Gasteiger partial charge in [0.25, 0.3) is 5.69 Å². The van der Waals surface area contributed by atoms with E-state index >= 15 is 0 Å². The number of amides is 1. The van der Waals surface area contributed by atoms with Gasteiger partial charge in [0.2, 0.25) is 5.91 Å². The molecule has 0 saturated heterocycles. The monoisotopic (exact) mass is 443 g/mol. The standard InChI is InChI=1S/C20H18FN5O4S/c1-2-10-25-18(12-30-17-8-6-14(21)7-9-17)23-24-20(25)31-13-19(27)22-15-4-3-5-16(11-15)26(28)29/h2-9,11H,1,10,12-13H2,(H,22,27). The van der Waals surface area contributed by atoms with E-state index in [1.807, 2.05) is 0 Å². The summed E-state index contributed by atoms with van der Waals surface area (Å²) in [6, 6.07) is 11.3. The molecule has 0 spiro atoms. The molecular weight excluding hydrogens is 425 g/mol. The molecule has 11 heteroatoms. The molecule has 0 unspecified atom stereocenters. The maximum Gasteiger partial charge on any atom is 0.271 e. The number of hydrogen-bond acceptors (Lipinski definition) is 7. The van der Waals surface area contributed by atoms with Crippen LogP contribution in [0.5, 0.6) is 5.75 Å². The summed E-state index contributed by atoms with van der Waals surface area (Å²) >= 11 is 1.16. The lowest BCUT2D eigenvalue weighted by atomic mass is 10.3. The first-order valence-electron chi connectivity index (χ1n) is 9.04. The molecule has 1 amide bonds. The number of carbonyl (C=O) groups excluding carboxylic acids is 1. The van der Waals surface area contributed by atoms with Gasteiger partial charge in [-0.3, -0.25) is 19.5 Å². The summed E-state index contributed by atoms with van der Waals surface area (Å²) in [5, 5.41) is 22.2. The highest BCUT2D eigenvalue weighted by Gasteiger charge is 2.15. The largest absolute Gasteiger partial charge is 0.486 e. The van der Waals surface area contributed by atoms with Crippen LogP contribution in [0.1, 0.15) is 5.82 Å². The van der Waals surface area contributed by atoms with Gasteiger partial charge >= 0.3 is 0 Å². The molecule has 0 fully saturated rings. The summed E-state index contributed by atoms with van der Waals surface area (Å²) in [6.07, 6.45) is 1.66. The number of hydrogen-bond donors (Lipinski definition) is 1. The van der Waals surface area contributed by atoms with Gasteiger partial charge in [0, 0.05) is 24.4 Å². The number of nitrogens with zero attached hydrogens (tertiary/aromatic N) is 4. The topological polar surface area (TPSA) is 112 Å². The van der Waals surface area contributed by atoms with Crippen LogP contribution in [0.3, 0.4) is 0 Å². The smallest absolute Gasteiger partial charge is 0.271 e. The first kappa shape index (κ1) is 22.0. The van der Waals surface area contributed by atoms with E-state index in [1.54, 1.807) is 16.7 Å². The van der Waals surface area contributed by atoms with Crippen molar-refractivity contribution in [2.24, 2.45) is 0 Å².